The molecule has 2 rings (SSSR count). The summed E-state index contributed by atoms with van der Waals surface area (Å²) < 4.78 is 1.99. The van der Waals surface area contributed by atoms with Gasteiger partial charge in [-0.25, -0.2) is 4.98 Å². The van der Waals surface area contributed by atoms with E-state index in [9.17, 15) is 0 Å². The molecule has 0 amide bonds. The van der Waals surface area contributed by atoms with Crippen LogP contribution >= 0.6 is 11.6 Å². The number of hydrogen-bond acceptors (Lipinski definition) is 2. The molecule has 0 saturated carbocycles. The molecule has 0 radical (unpaired) electrons. The van der Waals surface area contributed by atoms with E-state index in [0.717, 1.165) is 22.2 Å². The topological polar surface area (TPSA) is 29.9 Å². The normalized spacial score (nSPS) is 10.9. The van der Waals surface area contributed by atoms with Crippen LogP contribution in [0.25, 0.3) is 5.69 Å². The lowest BCUT2D eigenvalue weighted by Gasteiger charge is -2.12. The number of aryl methyl sites for hydroxylation is 1. The highest BCUT2D eigenvalue weighted by Crippen LogP contribution is 2.21. The van der Waals surface area contributed by atoms with Crippen LogP contribution in [0.5, 0.6) is 0 Å². The summed E-state index contributed by atoms with van der Waals surface area (Å²) in [6.07, 6.45) is 3.70. The molecule has 1 aromatic heterocycles. The molecule has 0 saturated heterocycles. The van der Waals surface area contributed by atoms with Crippen molar-refractivity contribution in [2.75, 3.05) is 5.32 Å². The second kappa shape index (κ2) is 4.80. The second-order valence-corrected chi connectivity index (χ2v) is 4.76. The molecular weight excluding hydrogens is 234 g/mol. The van der Waals surface area contributed by atoms with Gasteiger partial charge in [-0.3, -0.25) is 4.57 Å². The average Bonchev–Trinajstić information content (AvgIpc) is 2.69. The first-order chi connectivity index (χ1) is 8.08. The Kier molecular flexibility index (Phi) is 3.38. The van der Waals surface area contributed by atoms with Gasteiger partial charge in [-0.15, -0.1) is 0 Å². The number of halogens is 1. The van der Waals surface area contributed by atoms with Gasteiger partial charge in [0.15, 0.2) is 0 Å². The molecule has 0 aliphatic heterocycles. The van der Waals surface area contributed by atoms with E-state index in [4.69, 9.17) is 11.6 Å². The zero-order valence-corrected chi connectivity index (χ0v) is 11.0. The van der Waals surface area contributed by atoms with Crippen LogP contribution in [-0.2, 0) is 0 Å². The summed E-state index contributed by atoms with van der Waals surface area (Å²) in [6, 6.07) is 6.34. The molecule has 0 aliphatic carbocycles. The molecule has 2 aromatic rings. The van der Waals surface area contributed by atoms with E-state index in [-0.39, 0.29) is 0 Å². The maximum Gasteiger partial charge on any atom is 0.207 e. The van der Waals surface area contributed by atoms with Gasteiger partial charge in [-0.2, -0.15) is 0 Å². The van der Waals surface area contributed by atoms with Crippen molar-refractivity contribution in [1.82, 2.24) is 9.55 Å². The van der Waals surface area contributed by atoms with Gasteiger partial charge < -0.3 is 5.32 Å². The maximum absolute atomic E-state index is 6.13. The molecule has 1 heterocycles. The monoisotopic (exact) mass is 249 g/mol. The fraction of sp³-hybridized carbons (Fsp3) is 0.308. The SMILES string of the molecule is Cc1ccc(-n2ccnc2NC(C)C)cc1Cl. The third kappa shape index (κ3) is 2.61. The Hall–Kier alpha value is -1.48. The number of nitrogens with zero attached hydrogens (tertiary/aromatic N) is 2. The van der Waals surface area contributed by atoms with Gasteiger partial charge in [0.05, 0.1) is 0 Å². The van der Waals surface area contributed by atoms with Crippen molar-refractivity contribution in [2.24, 2.45) is 0 Å². The van der Waals surface area contributed by atoms with Gasteiger partial charge >= 0.3 is 0 Å². The van der Waals surface area contributed by atoms with Crippen LogP contribution in [0.15, 0.2) is 30.6 Å². The van der Waals surface area contributed by atoms with E-state index in [1.54, 1.807) is 6.20 Å². The van der Waals surface area contributed by atoms with Crippen LogP contribution in [0.1, 0.15) is 19.4 Å². The molecule has 1 N–H and O–H groups in total. The zero-order chi connectivity index (χ0) is 12.4. The van der Waals surface area contributed by atoms with Crippen molar-refractivity contribution >= 4 is 17.5 Å². The van der Waals surface area contributed by atoms with E-state index in [1.807, 2.05) is 35.9 Å². The minimum atomic E-state index is 0.345. The Morgan fingerprint density at radius 1 is 1.35 bits per heavy atom. The Morgan fingerprint density at radius 3 is 2.76 bits per heavy atom. The highest BCUT2D eigenvalue weighted by molar-refractivity contribution is 6.31. The minimum absolute atomic E-state index is 0.345. The first kappa shape index (κ1) is 12.0. The lowest BCUT2D eigenvalue weighted by atomic mass is 10.2. The van der Waals surface area contributed by atoms with E-state index in [0.29, 0.717) is 6.04 Å². The van der Waals surface area contributed by atoms with Crippen LogP contribution in [0, 0.1) is 6.92 Å². The lowest BCUT2D eigenvalue weighted by molar-refractivity contribution is 0.864. The summed E-state index contributed by atoms with van der Waals surface area (Å²) in [5, 5.41) is 4.06. The molecule has 0 fully saturated rings. The van der Waals surface area contributed by atoms with Crippen molar-refractivity contribution in [1.29, 1.82) is 0 Å². The van der Waals surface area contributed by atoms with Gasteiger partial charge in [0.2, 0.25) is 5.95 Å². The predicted octanol–water partition coefficient (Wildman–Crippen LogP) is 3.65. The van der Waals surface area contributed by atoms with Gasteiger partial charge in [0.1, 0.15) is 0 Å². The van der Waals surface area contributed by atoms with Crippen LogP contribution in [0.3, 0.4) is 0 Å². The summed E-state index contributed by atoms with van der Waals surface area (Å²) in [5.41, 5.74) is 2.09. The third-order valence-corrected chi connectivity index (χ3v) is 2.90. The number of rotatable bonds is 3. The molecule has 0 atom stereocenters. The number of benzene rings is 1. The van der Waals surface area contributed by atoms with Crippen LogP contribution in [0.4, 0.5) is 5.95 Å². The van der Waals surface area contributed by atoms with Crippen molar-refractivity contribution in [3.8, 4) is 5.69 Å². The smallest absolute Gasteiger partial charge is 0.207 e. The molecule has 0 bridgehead atoms. The largest absolute Gasteiger partial charge is 0.353 e. The van der Waals surface area contributed by atoms with Crippen molar-refractivity contribution in [3.63, 3.8) is 0 Å². The average molecular weight is 250 g/mol. The Morgan fingerprint density at radius 2 is 2.12 bits per heavy atom. The molecule has 17 heavy (non-hydrogen) atoms. The van der Waals surface area contributed by atoms with Crippen LogP contribution in [-0.4, -0.2) is 15.6 Å². The number of anilines is 1. The summed E-state index contributed by atoms with van der Waals surface area (Å²) >= 11 is 6.13. The predicted molar refractivity (Wildman–Crippen MR) is 72.1 cm³/mol. The first-order valence-electron chi connectivity index (χ1n) is 5.64. The molecular formula is C13H16ClN3. The van der Waals surface area contributed by atoms with Crippen LogP contribution in [0.2, 0.25) is 5.02 Å². The highest BCUT2D eigenvalue weighted by Gasteiger charge is 2.06. The van der Waals surface area contributed by atoms with Gasteiger partial charge in [-0.05, 0) is 38.5 Å². The van der Waals surface area contributed by atoms with Gasteiger partial charge in [0.25, 0.3) is 0 Å². The fourth-order valence-corrected chi connectivity index (χ4v) is 1.78. The number of imidazole rings is 1. The number of hydrogen-bond donors (Lipinski definition) is 1. The lowest BCUT2D eigenvalue weighted by Crippen LogP contribution is -2.13. The maximum atomic E-state index is 6.13. The summed E-state index contributed by atoms with van der Waals surface area (Å²) in [7, 11) is 0. The zero-order valence-electron chi connectivity index (χ0n) is 10.2. The Bertz CT molecular complexity index is 517. The van der Waals surface area contributed by atoms with E-state index in [1.165, 1.54) is 0 Å². The van der Waals surface area contributed by atoms with E-state index in [2.05, 4.69) is 24.1 Å². The van der Waals surface area contributed by atoms with Gasteiger partial charge in [0, 0.05) is 29.1 Å². The Labute approximate surface area is 106 Å². The van der Waals surface area contributed by atoms with Crippen molar-refractivity contribution in [2.45, 2.75) is 26.8 Å². The van der Waals surface area contributed by atoms with E-state index >= 15 is 0 Å². The summed E-state index contributed by atoms with van der Waals surface area (Å²) in [5.74, 6) is 0.833. The van der Waals surface area contributed by atoms with Crippen molar-refractivity contribution < 1.29 is 0 Å². The Balaban J connectivity index is 2.39. The van der Waals surface area contributed by atoms with Crippen LogP contribution < -0.4 is 5.32 Å². The molecule has 4 heteroatoms. The van der Waals surface area contributed by atoms with Gasteiger partial charge in [-0.1, -0.05) is 17.7 Å². The molecule has 3 nitrogen and oxygen atoms in total. The summed E-state index contributed by atoms with van der Waals surface area (Å²) in [6.45, 7) is 6.16. The standard InChI is InChI=1S/C13H16ClN3/c1-9(2)16-13-15-6-7-17(13)11-5-4-10(3)12(14)8-11/h4-9H,1-3H3,(H,15,16). The first-order valence-corrected chi connectivity index (χ1v) is 6.02. The highest BCUT2D eigenvalue weighted by atomic mass is 35.5. The number of aromatic nitrogens is 2. The third-order valence-electron chi connectivity index (χ3n) is 2.49. The fourth-order valence-electron chi connectivity index (χ4n) is 1.61. The molecule has 0 unspecified atom stereocenters. The van der Waals surface area contributed by atoms with Crippen molar-refractivity contribution in [3.05, 3.63) is 41.2 Å². The molecule has 0 spiro atoms. The van der Waals surface area contributed by atoms with E-state index < -0.39 is 0 Å². The molecule has 1 aromatic carbocycles. The summed E-state index contributed by atoms with van der Waals surface area (Å²) in [4.78, 5) is 4.29. The quantitative estimate of drug-likeness (QED) is 0.900. The minimum Gasteiger partial charge on any atom is -0.353 e. The number of nitrogens with one attached hydrogen (secondary N) is 1. The molecule has 90 valence electrons. The second-order valence-electron chi connectivity index (χ2n) is 4.35. The molecule has 0 aliphatic rings.